The van der Waals surface area contributed by atoms with E-state index in [1.807, 2.05) is 0 Å². The van der Waals surface area contributed by atoms with Gasteiger partial charge in [0.05, 0.1) is 19.3 Å². The van der Waals surface area contributed by atoms with Crippen LogP contribution < -0.4 is 5.73 Å². The van der Waals surface area contributed by atoms with Crippen LogP contribution >= 0.6 is 12.4 Å². The minimum absolute atomic E-state index is 0. The summed E-state index contributed by atoms with van der Waals surface area (Å²) in [7, 11) is 0. The Bertz CT molecular complexity index is 529. The largest absolute Gasteiger partial charge is 0.370 e. The Hall–Kier alpha value is -1.21. The molecule has 0 aliphatic carbocycles. The second-order valence-electron chi connectivity index (χ2n) is 5.76. The Labute approximate surface area is 141 Å². The third-order valence-corrected chi connectivity index (χ3v) is 4.27. The molecule has 1 aromatic rings. The van der Waals surface area contributed by atoms with Crippen molar-refractivity contribution in [2.45, 2.75) is 31.2 Å². The van der Waals surface area contributed by atoms with Crippen LogP contribution in [0.1, 0.15) is 24.5 Å². The topological polar surface area (TPSA) is 64.8 Å². The number of hydrogen-bond acceptors (Lipinski definition) is 4. The molecule has 0 aromatic heterocycles. The van der Waals surface area contributed by atoms with Gasteiger partial charge in [0, 0.05) is 13.1 Å². The van der Waals surface area contributed by atoms with Crippen LogP contribution in [-0.2, 0) is 14.3 Å². The number of benzene rings is 1. The Balaban J connectivity index is 0.00000192. The fraction of sp³-hybridized carbons (Fsp3) is 0.562. The SMILES string of the molecule is Cl.NC[C@H]1CC[C@@H](C(=O)N2CCOC(c3ccc(F)cc3)C2)O1. The molecule has 1 unspecified atom stereocenters. The van der Waals surface area contributed by atoms with Crippen LogP contribution in [0.25, 0.3) is 0 Å². The maximum absolute atomic E-state index is 13.0. The van der Waals surface area contributed by atoms with Gasteiger partial charge in [-0.25, -0.2) is 4.39 Å². The van der Waals surface area contributed by atoms with E-state index in [4.69, 9.17) is 15.2 Å². The fourth-order valence-corrected chi connectivity index (χ4v) is 2.99. The fourth-order valence-electron chi connectivity index (χ4n) is 2.99. The molecular formula is C16H22ClFN2O3. The third kappa shape index (κ3) is 4.20. The van der Waals surface area contributed by atoms with Gasteiger partial charge in [-0.15, -0.1) is 12.4 Å². The van der Waals surface area contributed by atoms with E-state index in [0.717, 1.165) is 18.4 Å². The van der Waals surface area contributed by atoms with Gasteiger partial charge in [0.2, 0.25) is 0 Å². The van der Waals surface area contributed by atoms with E-state index < -0.39 is 0 Å². The van der Waals surface area contributed by atoms with Crippen LogP contribution in [0.4, 0.5) is 4.39 Å². The van der Waals surface area contributed by atoms with E-state index in [-0.39, 0.29) is 42.4 Å². The van der Waals surface area contributed by atoms with Gasteiger partial charge >= 0.3 is 0 Å². The summed E-state index contributed by atoms with van der Waals surface area (Å²) in [5.74, 6) is -0.272. The summed E-state index contributed by atoms with van der Waals surface area (Å²) in [6, 6.07) is 6.21. The highest BCUT2D eigenvalue weighted by Gasteiger charge is 2.35. The van der Waals surface area contributed by atoms with Crippen molar-refractivity contribution < 1.29 is 18.7 Å². The molecule has 2 N–H and O–H groups in total. The van der Waals surface area contributed by atoms with Gasteiger partial charge in [-0.1, -0.05) is 12.1 Å². The van der Waals surface area contributed by atoms with Crippen LogP contribution in [-0.4, -0.2) is 49.3 Å². The summed E-state index contributed by atoms with van der Waals surface area (Å²) in [5.41, 5.74) is 6.46. The summed E-state index contributed by atoms with van der Waals surface area (Å²) >= 11 is 0. The molecule has 3 atom stereocenters. The zero-order chi connectivity index (χ0) is 15.5. The van der Waals surface area contributed by atoms with Crippen LogP contribution in [0.15, 0.2) is 24.3 Å². The monoisotopic (exact) mass is 344 g/mol. The van der Waals surface area contributed by atoms with Gasteiger partial charge in [0.15, 0.2) is 0 Å². The predicted molar refractivity (Wildman–Crippen MR) is 85.9 cm³/mol. The molecule has 3 rings (SSSR count). The van der Waals surface area contributed by atoms with Crippen molar-refractivity contribution in [1.29, 1.82) is 0 Å². The standard InChI is InChI=1S/C16H21FN2O3.ClH/c17-12-3-1-11(2-4-12)15-10-19(7-8-21-15)16(20)14-6-5-13(9-18)22-14;/h1-4,13-15H,5-10,18H2;1H/t13-,14+,15?;/m1./s1. The lowest BCUT2D eigenvalue weighted by Crippen LogP contribution is -2.46. The first-order chi connectivity index (χ1) is 10.7. The number of morpholine rings is 1. The van der Waals surface area contributed by atoms with Gasteiger partial charge in [0.1, 0.15) is 18.0 Å². The molecule has 2 aliphatic rings. The lowest BCUT2D eigenvalue weighted by molar-refractivity contribution is -0.150. The Morgan fingerprint density at radius 2 is 2.04 bits per heavy atom. The van der Waals surface area contributed by atoms with Crippen molar-refractivity contribution in [3.05, 3.63) is 35.6 Å². The minimum Gasteiger partial charge on any atom is -0.370 e. The minimum atomic E-state index is -0.388. The smallest absolute Gasteiger partial charge is 0.251 e. The highest BCUT2D eigenvalue weighted by molar-refractivity contribution is 5.85. The molecule has 5 nitrogen and oxygen atoms in total. The lowest BCUT2D eigenvalue weighted by atomic mass is 10.1. The van der Waals surface area contributed by atoms with Crippen molar-refractivity contribution >= 4 is 18.3 Å². The van der Waals surface area contributed by atoms with E-state index in [9.17, 15) is 9.18 Å². The second kappa shape index (κ2) is 8.06. The molecule has 2 fully saturated rings. The van der Waals surface area contributed by atoms with Crippen LogP contribution in [0, 0.1) is 5.82 Å². The van der Waals surface area contributed by atoms with Crippen molar-refractivity contribution in [2.75, 3.05) is 26.2 Å². The molecule has 23 heavy (non-hydrogen) atoms. The quantitative estimate of drug-likeness (QED) is 0.905. The number of carbonyl (C=O) groups excluding carboxylic acids is 1. The van der Waals surface area contributed by atoms with Crippen LogP contribution in [0.3, 0.4) is 0 Å². The van der Waals surface area contributed by atoms with Crippen LogP contribution in [0.2, 0.25) is 0 Å². The maximum Gasteiger partial charge on any atom is 0.251 e. The van der Waals surface area contributed by atoms with Gasteiger partial charge in [-0.2, -0.15) is 0 Å². The summed E-state index contributed by atoms with van der Waals surface area (Å²) in [5, 5.41) is 0. The van der Waals surface area contributed by atoms with Crippen LogP contribution in [0.5, 0.6) is 0 Å². The molecule has 2 aliphatic heterocycles. The van der Waals surface area contributed by atoms with Crippen molar-refractivity contribution in [1.82, 2.24) is 4.90 Å². The van der Waals surface area contributed by atoms with Gasteiger partial charge in [-0.3, -0.25) is 4.79 Å². The molecule has 0 radical (unpaired) electrons. The average Bonchev–Trinajstić information content (AvgIpc) is 3.04. The van der Waals surface area contributed by atoms with Crippen molar-refractivity contribution in [3.63, 3.8) is 0 Å². The Morgan fingerprint density at radius 3 is 2.70 bits per heavy atom. The summed E-state index contributed by atoms with van der Waals surface area (Å²) in [4.78, 5) is 14.3. The van der Waals surface area contributed by atoms with Gasteiger partial charge in [0.25, 0.3) is 5.91 Å². The molecule has 0 bridgehead atoms. The first kappa shape index (κ1) is 18.1. The molecule has 0 spiro atoms. The van der Waals surface area contributed by atoms with E-state index in [1.165, 1.54) is 12.1 Å². The van der Waals surface area contributed by atoms with E-state index in [1.54, 1.807) is 17.0 Å². The van der Waals surface area contributed by atoms with E-state index >= 15 is 0 Å². The molecular weight excluding hydrogens is 323 g/mol. The third-order valence-electron chi connectivity index (χ3n) is 4.27. The Morgan fingerprint density at radius 1 is 1.30 bits per heavy atom. The highest BCUT2D eigenvalue weighted by Crippen LogP contribution is 2.26. The molecule has 0 saturated carbocycles. The molecule has 7 heteroatoms. The first-order valence-electron chi connectivity index (χ1n) is 7.68. The summed E-state index contributed by atoms with van der Waals surface area (Å²) < 4.78 is 24.4. The van der Waals surface area contributed by atoms with Crippen molar-refractivity contribution in [2.24, 2.45) is 5.73 Å². The number of nitrogens with zero attached hydrogens (tertiary/aromatic N) is 1. The number of rotatable bonds is 3. The number of hydrogen-bond donors (Lipinski definition) is 1. The molecule has 1 amide bonds. The zero-order valence-corrected chi connectivity index (χ0v) is 13.6. The van der Waals surface area contributed by atoms with E-state index in [0.29, 0.717) is 26.2 Å². The number of nitrogens with two attached hydrogens (primary N) is 1. The molecule has 1 aromatic carbocycles. The van der Waals surface area contributed by atoms with E-state index in [2.05, 4.69) is 0 Å². The first-order valence-corrected chi connectivity index (χ1v) is 7.68. The summed E-state index contributed by atoms with van der Waals surface area (Å²) in [6.45, 7) is 1.95. The highest BCUT2D eigenvalue weighted by atomic mass is 35.5. The van der Waals surface area contributed by atoms with Gasteiger partial charge in [-0.05, 0) is 30.5 Å². The van der Waals surface area contributed by atoms with Gasteiger partial charge < -0.3 is 20.1 Å². The average molecular weight is 345 g/mol. The normalized spacial score (nSPS) is 27.6. The number of amides is 1. The number of halogens is 2. The summed E-state index contributed by atoms with van der Waals surface area (Å²) in [6.07, 6.45) is 0.936. The number of ether oxygens (including phenoxy) is 2. The molecule has 2 heterocycles. The number of carbonyl (C=O) groups is 1. The molecule has 2 saturated heterocycles. The van der Waals surface area contributed by atoms with Crippen molar-refractivity contribution in [3.8, 4) is 0 Å². The predicted octanol–water partition coefficient (Wildman–Crippen LogP) is 1.65. The lowest BCUT2D eigenvalue weighted by Gasteiger charge is -2.34. The second-order valence-corrected chi connectivity index (χ2v) is 5.76. The zero-order valence-electron chi connectivity index (χ0n) is 12.8. The Kier molecular flexibility index (Phi) is 6.35. The molecule has 128 valence electrons. The maximum atomic E-state index is 13.0.